The van der Waals surface area contributed by atoms with Crippen LogP contribution in [-0.4, -0.2) is 25.7 Å². The van der Waals surface area contributed by atoms with Gasteiger partial charge >= 0.3 is 0 Å². The molecule has 1 aliphatic rings. The lowest BCUT2D eigenvalue weighted by Crippen LogP contribution is -2.14. The third-order valence-corrected chi connectivity index (χ3v) is 1.66. The van der Waals surface area contributed by atoms with Crippen molar-refractivity contribution >= 4 is 12.6 Å². The van der Waals surface area contributed by atoms with Crippen LogP contribution in [0.1, 0.15) is 0 Å². The van der Waals surface area contributed by atoms with Crippen molar-refractivity contribution in [3.8, 4) is 0 Å². The van der Waals surface area contributed by atoms with E-state index in [2.05, 4.69) is 5.32 Å². The summed E-state index contributed by atoms with van der Waals surface area (Å²) in [7, 11) is 0. The second-order valence-corrected chi connectivity index (χ2v) is 2.26. The van der Waals surface area contributed by atoms with Crippen molar-refractivity contribution in [3.05, 3.63) is 0 Å². The van der Waals surface area contributed by atoms with Crippen LogP contribution in [0, 0.1) is 11.8 Å². The Balaban J connectivity index is 2.50. The molecule has 1 saturated heterocycles. The molecular weight excluding hydrogens is 118 g/mol. The van der Waals surface area contributed by atoms with E-state index in [9.17, 15) is 9.59 Å². The number of hydrogen-bond acceptors (Lipinski definition) is 3. The van der Waals surface area contributed by atoms with Crippen LogP contribution in [0.15, 0.2) is 0 Å². The van der Waals surface area contributed by atoms with Crippen LogP contribution < -0.4 is 5.32 Å². The van der Waals surface area contributed by atoms with Crippen molar-refractivity contribution in [2.75, 3.05) is 13.1 Å². The van der Waals surface area contributed by atoms with E-state index in [1.807, 2.05) is 0 Å². The lowest BCUT2D eigenvalue weighted by atomic mass is 10.00. The summed E-state index contributed by atoms with van der Waals surface area (Å²) in [4.78, 5) is 20.4. The summed E-state index contributed by atoms with van der Waals surface area (Å²) in [6.07, 6.45) is 1.69. The van der Waals surface area contributed by atoms with Crippen molar-refractivity contribution in [1.82, 2.24) is 5.32 Å². The average molecular weight is 127 g/mol. The van der Waals surface area contributed by atoms with E-state index in [0.717, 1.165) is 12.6 Å². The summed E-state index contributed by atoms with van der Waals surface area (Å²) >= 11 is 0. The summed E-state index contributed by atoms with van der Waals surface area (Å²) < 4.78 is 0. The van der Waals surface area contributed by atoms with Gasteiger partial charge in [0, 0.05) is 24.9 Å². The molecule has 0 amide bonds. The first-order valence-corrected chi connectivity index (χ1v) is 3.00. The van der Waals surface area contributed by atoms with Crippen molar-refractivity contribution < 1.29 is 9.59 Å². The quantitative estimate of drug-likeness (QED) is 0.495. The second kappa shape index (κ2) is 2.73. The number of hydrogen-bond donors (Lipinski definition) is 1. The molecule has 0 aromatic carbocycles. The van der Waals surface area contributed by atoms with Gasteiger partial charge in [0.25, 0.3) is 0 Å². The zero-order chi connectivity index (χ0) is 6.69. The summed E-state index contributed by atoms with van der Waals surface area (Å²) in [6.45, 7) is 1.32. The number of carbonyl (C=O) groups is 2. The molecule has 0 radical (unpaired) electrons. The number of nitrogens with one attached hydrogen (secondary N) is 1. The molecule has 9 heavy (non-hydrogen) atoms. The molecule has 0 unspecified atom stereocenters. The van der Waals surface area contributed by atoms with Crippen LogP contribution in [0.2, 0.25) is 0 Å². The SMILES string of the molecule is O=C[C@H]1CNC[C@@H]1C=O. The molecule has 0 bridgehead atoms. The normalized spacial score (nSPS) is 34.2. The Morgan fingerprint density at radius 1 is 1.11 bits per heavy atom. The molecule has 0 saturated carbocycles. The Morgan fingerprint density at radius 2 is 1.56 bits per heavy atom. The lowest BCUT2D eigenvalue weighted by molar-refractivity contribution is -0.117. The summed E-state index contributed by atoms with van der Waals surface area (Å²) in [5.41, 5.74) is 0. The minimum Gasteiger partial charge on any atom is -0.315 e. The zero-order valence-electron chi connectivity index (χ0n) is 5.04. The number of aldehydes is 2. The van der Waals surface area contributed by atoms with Gasteiger partial charge in [-0.05, 0) is 0 Å². The lowest BCUT2D eigenvalue weighted by Gasteiger charge is -2.00. The van der Waals surface area contributed by atoms with E-state index in [-0.39, 0.29) is 11.8 Å². The maximum Gasteiger partial charge on any atom is 0.125 e. The molecule has 0 aromatic heterocycles. The summed E-state index contributed by atoms with van der Waals surface area (Å²) in [5.74, 6) is -0.162. The largest absolute Gasteiger partial charge is 0.315 e. The highest BCUT2D eigenvalue weighted by molar-refractivity contribution is 5.66. The Bertz CT molecular complexity index is 110. The van der Waals surface area contributed by atoms with Crippen molar-refractivity contribution in [2.45, 2.75) is 0 Å². The van der Waals surface area contributed by atoms with Gasteiger partial charge in [-0.25, -0.2) is 0 Å². The van der Waals surface area contributed by atoms with Crippen LogP contribution >= 0.6 is 0 Å². The molecule has 1 aliphatic heterocycles. The third-order valence-electron chi connectivity index (χ3n) is 1.66. The fourth-order valence-corrected chi connectivity index (χ4v) is 1.02. The first-order valence-electron chi connectivity index (χ1n) is 3.00. The minimum atomic E-state index is -0.0810. The molecule has 2 atom stereocenters. The molecule has 1 rings (SSSR count). The zero-order valence-corrected chi connectivity index (χ0v) is 5.04. The maximum absolute atomic E-state index is 10.2. The Morgan fingerprint density at radius 3 is 1.89 bits per heavy atom. The third kappa shape index (κ3) is 1.16. The standard InChI is InChI=1S/C6H9NO2/c8-3-5-1-7-2-6(5)4-9/h3-7H,1-2H2/t5-,6-/m1/s1. The number of rotatable bonds is 2. The fourth-order valence-electron chi connectivity index (χ4n) is 1.02. The molecule has 1 heterocycles. The van der Waals surface area contributed by atoms with E-state index in [4.69, 9.17) is 0 Å². The average Bonchev–Trinajstić information content (AvgIpc) is 2.33. The van der Waals surface area contributed by atoms with E-state index in [0.29, 0.717) is 13.1 Å². The van der Waals surface area contributed by atoms with Gasteiger partial charge in [-0.15, -0.1) is 0 Å². The fraction of sp³-hybridized carbons (Fsp3) is 0.667. The predicted molar refractivity (Wildman–Crippen MR) is 32.0 cm³/mol. The Labute approximate surface area is 53.4 Å². The van der Waals surface area contributed by atoms with Gasteiger partial charge < -0.3 is 14.9 Å². The highest BCUT2D eigenvalue weighted by Crippen LogP contribution is 2.10. The van der Waals surface area contributed by atoms with Gasteiger partial charge in [0.1, 0.15) is 12.6 Å². The molecule has 0 spiro atoms. The topological polar surface area (TPSA) is 46.2 Å². The van der Waals surface area contributed by atoms with Gasteiger partial charge in [0.15, 0.2) is 0 Å². The molecule has 0 aliphatic carbocycles. The van der Waals surface area contributed by atoms with Crippen LogP contribution in [0.25, 0.3) is 0 Å². The molecule has 3 heteroatoms. The van der Waals surface area contributed by atoms with Crippen molar-refractivity contribution in [2.24, 2.45) is 11.8 Å². The van der Waals surface area contributed by atoms with Gasteiger partial charge in [-0.1, -0.05) is 0 Å². The minimum absolute atomic E-state index is 0.0810. The van der Waals surface area contributed by atoms with E-state index in [1.165, 1.54) is 0 Å². The van der Waals surface area contributed by atoms with Crippen LogP contribution in [0.3, 0.4) is 0 Å². The van der Waals surface area contributed by atoms with E-state index >= 15 is 0 Å². The summed E-state index contributed by atoms with van der Waals surface area (Å²) in [6, 6.07) is 0. The van der Waals surface area contributed by atoms with Gasteiger partial charge in [0.05, 0.1) is 0 Å². The first-order chi connectivity index (χ1) is 4.38. The highest BCUT2D eigenvalue weighted by atomic mass is 16.1. The van der Waals surface area contributed by atoms with Crippen molar-refractivity contribution in [3.63, 3.8) is 0 Å². The molecular formula is C6H9NO2. The van der Waals surface area contributed by atoms with Gasteiger partial charge in [0.2, 0.25) is 0 Å². The Kier molecular flexibility index (Phi) is 1.95. The molecule has 1 fully saturated rings. The summed E-state index contributed by atoms with van der Waals surface area (Å²) in [5, 5.41) is 2.96. The molecule has 50 valence electrons. The van der Waals surface area contributed by atoms with Gasteiger partial charge in [-0.2, -0.15) is 0 Å². The van der Waals surface area contributed by atoms with E-state index in [1.54, 1.807) is 0 Å². The predicted octanol–water partition coefficient (Wildman–Crippen LogP) is -0.780. The Hall–Kier alpha value is -0.700. The van der Waals surface area contributed by atoms with Crippen LogP contribution in [0.5, 0.6) is 0 Å². The van der Waals surface area contributed by atoms with Crippen molar-refractivity contribution in [1.29, 1.82) is 0 Å². The van der Waals surface area contributed by atoms with E-state index < -0.39 is 0 Å². The van der Waals surface area contributed by atoms with Crippen LogP contribution in [-0.2, 0) is 9.59 Å². The van der Waals surface area contributed by atoms with Gasteiger partial charge in [-0.3, -0.25) is 0 Å². The molecule has 3 nitrogen and oxygen atoms in total. The first kappa shape index (κ1) is 6.42. The maximum atomic E-state index is 10.2. The number of carbonyl (C=O) groups excluding carboxylic acids is 2. The molecule has 1 N–H and O–H groups in total. The molecule has 0 aromatic rings. The van der Waals surface area contributed by atoms with Crippen LogP contribution in [0.4, 0.5) is 0 Å². The smallest absolute Gasteiger partial charge is 0.125 e. The second-order valence-electron chi connectivity index (χ2n) is 2.26. The monoisotopic (exact) mass is 127 g/mol. The highest BCUT2D eigenvalue weighted by Gasteiger charge is 2.25.